The molecule has 6 heteroatoms. The molecule has 1 aromatic rings. The number of amides is 1. The summed E-state index contributed by atoms with van der Waals surface area (Å²) in [4.78, 5) is 13.9. The predicted octanol–water partition coefficient (Wildman–Crippen LogP) is 3.07. The molecule has 0 aromatic heterocycles. The van der Waals surface area contributed by atoms with E-state index in [4.69, 9.17) is 0 Å². The summed E-state index contributed by atoms with van der Waals surface area (Å²) in [6.45, 7) is -0.447. The molecule has 0 radical (unpaired) electrons. The van der Waals surface area contributed by atoms with Crippen LogP contribution in [0.15, 0.2) is 30.3 Å². The van der Waals surface area contributed by atoms with Crippen LogP contribution in [0, 0.1) is 5.92 Å². The van der Waals surface area contributed by atoms with Crippen LogP contribution >= 0.6 is 0 Å². The molecule has 3 rings (SSSR count). The van der Waals surface area contributed by atoms with Gasteiger partial charge in [-0.05, 0) is 24.3 Å². The molecule has 2 atom stereocenters. The van der Waals surface area contributed by atoms with Crippen LogP contribution < -0.4 is 5.32 Å². The minimum Gasteiger partial charge on any atom is -0.346 e. The van der Waals surface area contributed by atoms with Gasteiger partial charge in [-0.2, -0.15) is 13.2 Å². The van der Waals surface area contributed by atoms with Gasteiger partial charge in [-0.3, -0.25) is 9.69 Å². The first kappa shape index (κ1) is 16.3. The third-order valence-electron chi connectivity index (χ3n) is 5.14. The zero-order chi connectivity index (χ0) is 16.5. The highest BCUT2D eigenvalue weighted by atomic mass is 19.4. The number of hydrogen-bond acceptors (Lipinski definition) is 2. The number of carbonyl (C=O) groups excluding carboxylic acids is 1. The van der Waals surface area contributed by atoms with Gasteiger partial charge in [0.05, 0.1) is 12.1 Å². The second kappa shape index (κ2) is 6.15. The van der Waals surface area contributed by atoms with Crippen molar-refractivity contribution < 1.29 is 18.0 Å². The summed E-state index contributed by atoms with van der Waals surface area (Å²) in [5, 5.41) is 1.98. The number of halogens is 3. The van der Waals surface area contributed by atoms with Crippen molar-refractivity contribution in [1.82, 2.24) is 10.2 Å². The molecule has 1 saturated carbocycles. The molecule has 3 nitrogen and oxygen atoms in total. The Balaban J connectivity index is 1.71. The highest BCUT2D eigenvalue weighted by Gasteiger charge is 2.55. The Morgan fingerprint density at radius 1 is 1.26 bits per heavy atom. The zero-order valence-electron chi connectivity index (χ0n) is 12.9. The third-order valence-corrected chi connectivity index (χ3v) is 5.14. The highest BCUT2D eigenvalue weighted by Crippen LogP contribution is 2.53. The van der Waals surface area contributed by atoms with Crippen molar-refractivity contribution in [3.8, 4) is 0 Å². The van der Waals surface area contributed by atoms with Crippen LogP contribution in [-0.4, -0.2) is 36.6 Å². The summed E-state index contributed by atoms with van der Waals surface area (Å²) in [5.41, 5.74) is 1.01. The third kappa shape index (κ3) is 3.22. The minimum absolute atomic E-state index is 0.0292. The predicted molar refractivity (Wildman–Crippen MR) is 80.7 cm³/mol. The van der Waals surface area contributed by atoms with Crippen LogP contribution in [0.5, 0.6) is 0 Å². The minimum atomic E-state index is -4.37. The van der Waals surface area contributed by atoms with E-state index in [1.165, 1.54) is 12.0 Å². The normalized spacial score (nSPS) is 27.9. The maximum Gasteiger partial charge on any atom is 0.405 e. The second-order valence-electron chi connectivity index (χ2n) is 6.51. The topological polar surface area (TPSA) is 32.3 Å². The Morgan fingerprint density at radius 2 is 2.00 bits per heavy atom. The van der Waals surface area contributed by atoms with Crippen LogP contribution in [0.4, 0.5) is 13.2 Å². The average molecular weight is 326 g/mol. The molecule has 1 saturated heterocycles. The van der Waals surface area contributed by atoms with Crippen LogP contribution in [0.1, 0.15) is 31.2 Å². The molecular formula is C17H21F3N2O. The number of hydrogen-bond donors (Lipinski definition) is 1. The van der Waals surface area contributed by atoms with Gasteiger partial charge in [-0.15, -0.1) is 0 Å². The Bertz CT molecular complexity index is 561. The van der Waals surface area contributed by atoms with Crippen molar-refractivity contribution in [3.05, 3.63) is 35.9 Å². The van der Waals surface area contributed by atoms with Crippen LogP contribution in [0.2, 0.25) is 0 Å². The molecule has 1 aliphatic heterocycles. The van der Waals surface area contributed by atoms with Gasteiger partial charge in [0.25, 0.3) is 0 Å². The van der Waals surface area contributed by atoms with Crippen molar-refractivity contribution in [2.24, 2.45) is 5.92 Å². The first-order valence-electron chi connectivity index (χ1n) is 8.06. The molecule has 1 aliphatic carbocycles. The number of rotatable bonds is 4. The van der Waals surface area contributed by atoms with Gasteiger partial charge in [0.2, 0.25) is 5.91 Å². The summed E-state index contributed by atoms with van der Waals surface area (Å²) < 4.78 is 36.7. The highest BCUT2D eigenvalue weighted by molar-refractivity contribution is 5.78. The lowest BCUT2D eigenvalue weighted by Gasteiger charge is -2.61. The number of nitrogens with one attached hydrogen (secondary N) is 1. The summed E-state index contributed by atoms with van der Waals surface area (Å²) in [7, 11) is 0. The number of nitrogens with zero attached hydrogens (tertiary/aromatic N) is 1. The summed E-state index contributed by atoms with van der Waals surface area (Å²) in [6, 6.07) is 10.1. The molecule has 126 valence electrons. The smallest absolute Gasteiger partial charge is 0.346 e. The van der Waals surface area contributed by atoms with Crippen molar-refractivity contribution in [1.29, 1.82) is 0 Å². The first-order chi connectivity index (χ1) is 10.9. The maximum atomic E-state index is 12.2. The monoisotopic (exact) mass is 326 g/mol. The van der Waals surface area contributed by atoms with Crippen molar-refractivity contribution in [2.75, 3.05) is 19.6 Å². The SMILES string of the molecule is O=C(CN1CC2CCCCC21c1ccccc1)NCC(F)(F)F. The van der Waals surface area contributed by atoms with E-state index in [0.29, 0.717) is 5.92 Å². The van der Waals surface area contributed by atoms with Crippen LogP contribution in [0.25, 0.3) is 0 Å². The molecule has 2 unspecified atom stereocenters. The van der Waals surface area contributed by atoms with E-state index >= 15 is 0 Å². The largest absolute Gasteiger partial charge is 0.405 e. The molecule has 1 aromatic carbocycles. The van der Waals surface area contributed by atoms with Gasteiger partial charge in [-0.1, -0.05) is 43.2 Å². The lowest BCUT2D eigenvalue weighted by Crippen LogP contribution is -2.67. The van der Waals surface area contributed by atoms with Crippen LogP contribution in [-0.2, 0) is 10.3 Å². The van der Waals surface area contributed by atoms with Crippen molar-refractivity contribution >= 4 is 5.91 Å². The quantitative estimate of drug-likeness (QED) is 0.922. The maximum absolute atomic E-state index is 12.2. The summed E-state index contributed by atoms with van der Waals surface area (Å²) >= 11 is 0. The fourth-order valence-electron chi connectivity index (χ4n) is 4.13. The van der Waals surface area contributed by atoms with Gasteiger partial charge in [0.1, 0.15) is 6.54 Å². The molecule has 2 aliphatic rings. The Morgan fingerprint density at radius 3 is 2.65 bits per heavy atom. The molecule has 1 N–H and O–H groups in total. The van der Waals surface area contributed by atoms with E-state index in [1.54, 1.807) is 0 Å². The first-order valence-corrected chi connectivity index (χ1v) is 8.06. The average Bonchev–Trinajstić information content (AvgIpc) is 2.51. The van der Waals surface area contributed by atoms with E-state index < -0.39 is 18.6 Å². The van der Waals surface area contributed by atoms with Gasteiger partial charge in [0.15, 0.2) is 0 Å². The molecule has 1 heterocycles. The standard InChI is InChI=1S/C17H21F3N2O/c18-17(19,20)12-21-15(23)11-22-10-14-8-4-5-9-16(14,22)13-6-2-1-3-7-13/h1-3,6-7,14H,4-5,8-12H2,(H,21,23). The number of likely N-dealkylation sites (tertiary alicyclic amines) is 1. The van der Waals surface area contributed by atoms with E-state index in [9.17, 15) is 18.0 Å². The lowest BCUT2D eigenvalue weighted by molar-refractivity contribution is -0.150. The molecule has 0 spiro atoms. The van der Waals surface area contributed by atoms with E-state index in [-0.39, 0.29) is 12.1 Å². The van der Waals surface area contributed by atoms with Gasteiger partial charge in [0, 0.05) is 6.54 Å². The van der Waals surface area contributed by atoms with Crippen molar-refractivity contribution in [2.45, 2.75) is 37.4 Å². The lowest BCUT2D eigenvalue weighted by atomic mass is 9.62. The Labute approximate surface area is 133 Å². The van der Waals surface area contributed by atoms with E-state index in [2.05, 4.69) is 17.0 Å². The zero-order valence-corrected chi connectivity index (χ0v) is 12.9. The number of fused-ring (bicyclic) bond motifs is 1. The fourth-order valence-corrected chi connectivity index (χ4v) is 4.13. The molecule has 1 amide bonds. The number of alkyl halides is 3. The van der Waals surface area contributed by atoms with Gasteiger partial charge in [-0.25, -0.2) is 0 Å². The molecule has 2 fully saturated rings. The van der Waals surface area contributed by atoms with Gasteiger partial charge < -0.3 is 5.32 Å². The Hall–Kier alpha value is -1.56. The Kier molecular flexibility index (Phi) is 4.36. The summed E-state index contributed by atoms with van der Waals surface area (Å²) in [6.07, 6.45) is -0.00167. The molecule has 0 bridgehead atoms. The van der Waals surface area contributed by atoms with Crippen molar-refractivity contribution in [3.63, 3.8) is 0 Å². The van der Waals surface area contributed by atoms with Gasteiger partial charge >= 0.3 is 6.18 Å². The van der Waals surface area contributed by atoms with E-state index in [0.717, 1.165) is 25.8 Å². The number of carbonyl (C=O) groups is 1. The molecule has 23 heavy (non-hydrogen) atoms. The fraction of sp³-hybridized carbons (Fsp3) is 0.588. The number of benzene rings is 1. The summed E-state index contributed by atoms with van der Waals surface area (Å²) in [5.74, 6) is -0.0595. The molecular weight excluding hydrogens is 305 g/mol. The van der Waals surface area contributed by atoms with E-state index in [1.807, 2.05) is 23.5 Å². The van der Waals surface area contributed by atoms with Crippen LogP contribution in [0.3, 0.4) is 0 Å². The second-order valence-corrected chi connectivity index (χ2v) is 6.51.